The third-order valence-electron chi connectivity index (χ3n) is 3.59. The molecule has 0 fully saturated rings. The lowest BCUT2D eigenvalue weighted by Gasteiger charge is -2.18. The minimum absolute atomic E-state index is 0.0936. The summed E-state index contributed by atoms with van der Waals surface area (Å²) in [5.74, 6) is 0.969. The Kier molecular flexibility index (Phi) is 6.03. The van der Waals surface area contributed by atoms with Crippen LogP contribution in [0.15, 0.2) is 22.7 Å². The average Bonchev–Trinajstić information content (AvgIpc) is 2.96. The van der Waals surface area contributed by atoms with E-state index >= 15 is 0 Å². The monoisotopic (exact) mass is 365 g/mol. The molecule has 0 aliphatic carbocycles. The van der Waals surface area contributed by atoms with Gasteiger partial charge in [-0.3, -0.25) is 14.5 Å². The molecule has 0 radical (unpaired) electrons. The first-order valence-electron chi connectivity index (χ1n) is 7.67. The highest BCUT2D eigenvalue weighted by atomic mass is 35.5. The van der Waals surface area contributed by atoms with Crippen LogP contribution in [-0.4, -0.2) is 30.6 Å². The highest BCUT2D eigenvalue weighted by molar-refractivity contribution is 6.31. The van der Waals surface area contributed by atoms with Gasteiger partial charge in [0.25, 0.3) is 0 Å². The van der Waals surface area contributed by atoms with Gasteiger partial charge in [0.2, 0.25) is 11.8 Å². The third kappa shape index (κ3) is 4.73. The van der Waals surface area contributed by atoms with Gasteiger partial charge in [0.05, 0.1) is 12.8 Å². The van der Waals surface area contributed by atoms with Crippen molar-refractivity contribution in [3.05, 3.63) is 34.5 Å². The molecule has 25 heavy (non-hydrogen) atoms. The molecule has 2 rings (SSSR count). The van der Waals surface area contributed by atoms with Crippen molar-refractivity contribution in [1.29, 1.82) is 0 Å². The highest BCUT2D eigenvalue weighted by Crippen LogP contribution is 2.31. The van der Waals surface area contributed by atoms with Gasteiger partial charge in [0.1, 0.15) is 11.5 Å². The zero-order chi connectivity index (χ0) is 18.6. The van der Waals surface area contributed by atoms with E-state index in [1.165, 1.54) is 18.9 Å². The summed E-state index contributed by atoms with van der Waals surface area (Å²) < 4.78 is 10.2. The molecular formula is C17H20ClN3O4. The molecule has 0 aliphatic rings. The van der Waals surface area contributed by atoms with Crippen molar-refractivity contribution in [2.75, 3.05) is 23.9 Å². The van der Waals surface area contributed by atoms with E-state index < -0.39 is 0 Å². The lowest BCUT2D eigenvalue weighted by Crippen LogP contribution is -2.32. The first kappa shape index (κ1) is 18.8. The summed E-state index contributed by atoms with van der Waals surface area (Å²) in [6.45, 7) is 5.16. The smallest absolute Gasteiger partial charge is 0.226 e. The van der Waals surface area contributed by atoms with E-state index in [0.29, 0.717) is 28.0 Å². The zero-order valence-electron chi connectivity index (χ0n) is 14.6. The number of carbonyl (C=O) groups is 2. The second-order valence-electron chi connectivity index (χ2n) is 5.57. The molecule has 0 spiro atoms. The standard InChI is InChI=1S/C17H20ClN3O4/c1-10-7-14(15(24-4)9-13(10)18)19-17(23)5-6-21(12(3)22)16-8-11(2)25-20-16/h7-9H,5-6H2,1-4H3,(H,19,23). The molecule has 2 aromatic rings. The van der Waals surface area contributed by atoms with Gasteiger partial charge < -0.3 is 14.6 Å². The van der Waals surface area contributed by atoms with Gasteiger partial charge in [-0.2, -0.15) is 0 Å². The molecule has 0 saturated heterocycles. The van der Waals surface area contributed by atoms with Crippen LogP contribution in [0.25, 0.3) is 0 Å². The molecule has 0 saturated carbocycles. The quantitative estimate of drug-likeness (QED) is 0.848. The van der Waals surface area contributed by atoms with Gasteiger partial charge in [0.15, 0.2) is 5.82 Å². The minimum Gasteiger partial charge on any atom is -0.495 e. The number of hydrogen-bond donors (Lipinski definition) is 1. The largest absolute Gasteiger partial charge is 0.495 e. The number of aryl methyl sites for hydroxylation is 2. The molecule has 2 amide bonds. The molecule has 8 heteroatoms. The molecule has 0 unspecified atom stereocenters. The van der Waals surface area contributed by atoms with Crippen LogP contribution in [0, 0.1) is 13.8 Å². The molecule has 0 bridgehead atoms. The van der Waals surface area contributed by atoms with Gasteiger partial charge in [-0.25, -0.2) is 0 Å². The number of ether oxygens (including phenoxy) is 1. The van der Waals surface area contributed by atoms with Crippen LogP contribution in [0.1, 0.15) is 24.7 Å². The number of halogens is 1. The van der Waals surface area contributed by atoms with Crippen molar-refractivity contribution in [2.24, 2.45) is 0 Å². The predicted molar refractivity (Wildman–Crippen MR) is 95.3 cm³/mol. The molecule has 0 atom stereocenters. The fourth-order valence-corrected chi connectivity index (χ4v) is 2.42. The molecular weight excluding hydrogens is 346 g/mol. The second kappa shape index (κ2) is 8.02. The summed E-state index contributed by atoms with van der Waals surface area (Å²) in [6, 6.07) is 5.03. The molecule has 1 heterocycles. The van der Waals surface area contributed by atoms with Crippen molar-refractivity contribution in [3.63, 3.8) is 0 Å². The maximum atomic E-state index is 12.3. The molecule has 7 nitrogen and oxygen atoms in total. The number of rotatable bonds is 6. The van der Waals surface area contributed by atoms with Gasteiger partial charge in [0, 0.05) is 37.0 Å². The fourth-order valence-electron chi connectivity index (χ4n) is 2.27. The van der Waals surface area contributed by atoms with Crippen LogP contribution in [0.5, 0.6) is 5.75 Å². The molecule has 134 valence electrons. The Morgan fingerprint density at radius 1 is 1.32 bits per heavy atom. The van der Waals surface area contributed by atoms with E-state index in [9.17, 15) is 9.59 Å². The number of nitrogens with zero attached hydrogens (tertiary/aromatic N) is 2. The number of hydrogen-bond acceptors (Lipinski definition) is 5. The van der Waals surface area contributed by atoms with Crippen LogP contribution in [-0.2, 0) is 9.59 Å². The number of methoxy groups -OCH3 is 1. The van der Waals surface area contributed by atoms with Gasteiger partial charge >= 0.3 is 0 Å². The lowest BCUT2D eigenvalue weighted by atomic mass is 10.2. The minimum atomic E-state index is -0.258. The predicted octanol–water partition coefficient (Wildman–Crippen LogP) is 3.34. The Bertz CT molecular complexity index is 788. The number of nitrogens with one attached hydrogen (secondary N) is 1. The van der Waals surface area contributed by atoms with Crippen molar-refractivity contribution >= 4 is 34.9 Å². The summed E-state index contributed by atoms with van der Waals surface area (Å²) >= 11 is 6.06. The zero-order valence-corrected chi connectivity index (χ0v) is 15.3. The Balaban J connectivity index is 2.05. The van der Waals surface area contributed by atoms with Crippen LogP contribution in [0.2, 0.25) is 5.02 Å². The SMILES string of the molecule is COc1cc(Cl)c(C)cc1NC(=O)CCN(C(C)=O)c1cc(C)on1. The summed E-state index contributed by atoms with van der Waals surface area (Å²) in [5, 5.41) is 7.14. The molecule has 1 aromatic carbocycles. The van der Waals surface area contributed by atoms with Crippen LogP contribution in [0.4, 0.5) is 11.5 Å². The Hall–Kier alpha value is -2.54. The van der Waals surface area contributed by atoms with Gasteiger partial charge in [-0.15, -0.1) is 0 Å². The van der Waals surface area contributed by atoms with Crippen LogP contribution in [0.3, 0.4) is 0 Å². The van der Waals surface area contributed by atoms with E-state index in [0.717, 1.165) is 5.56 Å². The number of benzene rings is 1. The molecule has 0 aliphatic heterocycles. The van der Waals surface area contributed by atoms with E-state index in [4.69, 9.17) is 20.9 Å². The van der Waals surface area contributed by atoms with Crippen molar-refractivity contribution in [3.8, 4) is 5.75 Å². The summed E-state index contributed by atoms with van der Waals surface area (Å²) in [7, 11) is 1.50. The van der Waals surface area contributed by atoms with Crippen LogP contribution >= 0.6 is 11.6 Å². The summed E-state index contributed by atoms with van der Waals surface area (Å²) in [5.41, 5.74) is 1.35. The first-order valence-corrected chi connectivity index (χ1v) is 8.05. The van der Waals surface area contributed by atoms with Crippen LogP contribution < -0.4 is 15.0 Å². The van der Waals surface area contributed by atoms with Crippen molar-refractivity contribution < 1.29 is 18.8 Å². The summed E-state index contributed by atoms with van der Waals surface area (Å²) in [4.78, 5) is 25.4. The van der Waals surface area contributed by atoms with Gasteiger partial charge in [-0.1, -0.05) is 16.8 Å². The number of amides is 2. The molecule has 1 aromatic heterocycles. The Morgan fingerprint density at radius 3 is 2.60 bits per heavy atom. The van der Waals surface area contributed by atoms with E-state index in [2.05, 4.69) is 10.5 Å². The Morgan fingerprint density at radius 2 is 2.04 bits per heavy atom. The maximum absolute atomic E-state index is 12.3. The normalized spacial score (nSPS) is 10.4. The third-order valence-corrected chi connectivity index (χ3v) is 4.00. The topological polar surface area (TPSA) is 84.7 Å². The fraction of sp³-hybridized carbons (Fsp3) is 0.353. The first-order chi connectivity index (χ1) is 11.8. The number of anilines is 2. The highest BCUT2D eigenvalue weighted by Gasteiger charge is 2.18. The van der Waals surface area contributed by atoms with E-state index in [1.54, 1.807) is 25.1 Å². The van der Waals surface area contributed by atoms with E-state index in [1.807, 2.05) is 6.92 Å². The second-order valence-corrected chi connectivity index (χ2v) is 5.97. The molecule has 1 N–H and O–H groups in total. The Labute approximate surface area is 150 Å². The van der Waals surface area contributed by atoms with E-state index in [-0.39, 0.29) is 24.8 Å². The number of carbonyl (C=O) groups excluding carboxylic acids is 2. The van der Waals surface area contributed by atoms with Crippen molar-refractivity contribution in [1.82, 2.24) is 5.16 Å². The summed E-state index contributed by atoms with van der Waals surface area (Å²) in [6.07, 6.45) is 0.0936. The maximum Gasteiger partial charge on any atom is 0.226 e. The van der Waals surface area contributed by atoms with Gasteiger partial charge in [-0.05, 0) is 25.5 Å². The van der Waals surface area contributed by atoms with Crippen molar-refractivity contribution in [2.45, 2.75) is 27.2 Å². The average molecular weight is 366 g/mol. The number of aromatic nitrogens is 1. The lowest BCUT2D eigenvalue weighted by molar-refractivity contribution is -0.117.